The lowest BCUT2D eigenvalue weighted by atomic mass is 10.1. The minimum absolute atomic E-state index is 0.123. The summed E-state index contributed by atoms with van der Waals surface area (Å²) in [5, 5.41) is 2.79. The zero-order chi connectivity index (χ0) is 20.0. The average molecular weight is 396 g/mol. The van der Waals surface area contributed by atoms with Gasteiger partial charge in [0.25, 0.3) is 15.9 Å². The summed E-state index contributed by atoms with van der Waals surface area (Å²) < 4.78 is 32.8. The fraction of sp³-hybridized carbons (Fsp3) is 0.0952. The van der Waals surface area contributed by atoms with Crippen LogP contribution in [-0.2, 0) is 21.4 Å². The second kappa shape index (κ2) is 8.69. The highest BCUT2D eigenvalue weighted by Crippen LogP contribution is 2.22. The molecule has 6 nitrogen and oxygen atoms in total. The van der Waals surface area contributed by atoms with E-state index >= 15 is 0 Å². The Morgan fingerprint density at radius 1 is 0.929 bits per heavy atom. The molecule has 0 aliphatic carbocycles. The molecule has 2 N–H and O–H groups in total. The first kappa shape index (κ1) is 19.6. The largest absolute Gasteiger partial charge is 0.380 e. The number of anilines is 2. The molecule has 0 saturated carbocycles. The number of hydrogen-bond acceptors (Lipinski definition) is 4. The van der Waals surface area contributed by atoms with Crippen molar-refractivity contribution in [1.82, 2.24) is 0 Å². The first-order valence-electron chi connectivity index (χ1n) is 8.56. The summed E-state index contributed by atoms with van der Waals surface area (Å²) in [6, 6.07) is 21.7. The minimum atomic E-state index is -3.80. The number of hydrogen-bond donors (Lipinski definition) is 2. The third-order valence-electron chi connectivity index (χ3n) is 3.97. The highest BCUT2D eigenvalue weighted by atomic mass is 32.2. The highest BCUT2D eigenvalue weighted by Gasteiger charge is 2.18. The van der Waals surface area contributed by atoms with E-state index in [1.165, 1.54) is 12.1 Å². The van der Waals surface area contributed by atoms with Gasteiger partial charge in [-0.2, -0.15) is 0 Å². The monoisotopic (exact) mass is 396 g/mol. The number of amides is 1. The molecule has 144 valence electrons. The van der Waals surface area contributed by atoms with Gasteiger partial charge in [-0.3, -0.25) is 9.52 Å². The minimum Gasteiger partial charge on any atom is -0.380 e. The van der Waals surface area contributed by atoms with Gasteiger partial charge in [-0.25, -0.2) is 8.42 Å². The third kappa shape index (κ3) is 4.76. The van der Waals surface area contributed by atoms with Gasteiger partial charge in [-0.05, 0) is 42.0 Å². The van der Waals surface area contributed by atoms with Gasteiger partial charge >= 0.3 is 0 Å². The van der Waals surface area contributed by atoms with Crippen LogP contribution in [0.2, 0.25) is 0 Å². The molecule has 0 fully saturated rings. The molecule has 0 radical (unpaired) electrons. The van der Waals surface area contributed by atoms with Gasteiger partial charge < -0.3 is 10.1 Å². The quantitative estimate of drug-likeness (QED) is 0.635. The number of benzene rings is 3. The fourth-order valence-electron chi connectivity index (χ4n) is 2.68. The Kier molecular flexibility index (Phi) is 6.08. The summed E-state index contributed by atoms with van der Waals surface area (Å²) in [6.07, 6.45) is 0. The van der Waals surface area contributed by atoms with E-state index < -0.39 is 15.9 Å². The number of carbonyl (C=O) groups is 1. The fourth-order valence-corrected chi connectivity index (χ4v) is 3.78. The molecule has 0 unspecified atom stereocenters. The van der Waals surface area contributed by atoms with E-state index in [0.29, 0.717) is 12.3 Å². The van der Waals surface area contributed by atoms with E-state index in [0.717, 1.165) is 5.56 Å². The third-order valence-corrected chi connectivity index (χ3v) is 5.35. The van der Waals surface area contributed by atoms with Crippen LogP contribution < -0.4 is 10.0 Å². The lowest BCUT2D eigenvalue weighted by Gasteiger charge is -2.13. The molecule has 0 aliphatic rings. The lowest BCUT2D eigenvalue weighted by Crippen LogP contribution is -2.18. The Hall–Kier alpha value is -3.16. The van der Waals surface area contributed by atoms with Crippen molar-refractivity contribution in [3.63, 3.8) is 0 Å². The van der Waals surface area contributed by atoms with Gasteiger partial charge in [0.05, 0.1) is 22.8 Å². The molecule has 0 saturated heterocycles. The highest BCUT2D eigenvalue weighted by molar-refractivity contribution is 7.92. The van der Waals surface area contributed by atoms with Crippen LogP contribution in [0.25, 0.3) is 0 Å². The summed E-state index contributed by atoms with van der Waals surface area (Å²) in [6.45, 7) is 0.428. The molecular formula is C21H20N2O4S. The molecule has 28 heavy (non-hydrogen) atoms. The number of nitrogens with one attached hydrogen (secondary N) is 2. The first-order chi connectivity index (χ1) is 13.5. The van der Waals surface area contributed by atoms with Crippen LogP contribution in [0.4, 0.5) is 11.4 Å². The zero-order valence-corrected chi connectivity index (χ0v) is 16.1. The molecule has 0 spiro atoms. The number of para-hydroxylation sites is 1. The van der Waals surface area contributed by atoms with Gasteiger partial charge in [0.15, 0.2) is 0 Å². The maximum absolute atomic E-state index is 12.7. The lowest BCUT2D eigenvalue weighted by molar-refractivity contribution is 0.102. The molecule has 0 heterocycles. The van der Waals surface area contributed by atoms with E-state index in [2.05, 4.69) is 10.0 Å². The molecule has 0 aromatic heterocycles. The molecule has 7 heteroatoms. The van der Waals surface area contributed by atoms with E-state index in [1.807, 2.05) is 12.1 Å². The van der Waals surface area contributed by atoms with E-state index in [-0.39, 0.29) is 16.1 Å². The molecule has 3 aromatic carbocycles. The second-order valence-corrected chi connectivity index (χ2v) is 7.73. The van der Waals surface area contributed by atoms with Crippen LogP contribution in [0.5, 0.6) is 0 Å². The SMILES string of the molecule is COCc1cccc(NC(=O)c2ccccc2NS(=O)(=O)c2ccccc2)c1. The maximum atomic E-state index is 12.7. The van der Waals surface area contributed by atoms with Gasteiger partial charge in [-0.1, -0.05) is 42.5 Å². The Bertz CT molecular complexity index is 1070. The van der Waals surface area contributed by atoms with Gasteiger partial charge in [0.2, 0.25) is 0 Å². The van der Waals surface area contributed by atoms with Gasteiger partial charge in [-0.15, -0.1) is 0 Å². The molecular weight excluding hydrogens is 376 g/mol. The second-order valence-electron chi connectivity index (χ2n) is 6.05. The standard InChI is InChI=1S/C21H20N2O4S/c1-27-15-16-8-7-9-17(14-16)22-21(24)19-12-5-6-13-20(19)23-28(25,26)18-10-3-2-4-11-18/h2-14,23H,15H2,1H3,(H,22,24). The Labute approximate surface area is 164 Å². The number of carbonyl (C=O) groups excluding carboxylic acids is 1. The summed E-state index contributed by atoms with van der Waals surface area (Å²) in [5.41, 5.74) is 1.94. The van der Waals surface area contributed by atoms with Crippen molar-refractivity contribution in [1.29, 1.82) is 0 Å². The van der Waals surface area contributed by atoms with Gasteiger partial charge in [0, 0.05) is 12.8 Å². The van der Waals surface area contributed by atoms with Crippen molar-refractivity contribution >= 4 is 27.3 Å². The van der Waals surface area contributed by atoms with Crippen molar-refractivity contribution in [3.8, 4) is 0 Å². The Morgan fingerprint density at radius 3 is 2.39 bits per heavy atom. The normalized spacial score (nSPS) is 11.0. The van der Waals surface area contributed by atoms with Gasteiger partial charge in [0.1, 0.15) is 0 Å². The maximum Gasteiger partial charge on any atom is 0.261 e. The van der Waals surface area contributed by atoms with E-state index in [1.54, 1.807) is 61.7 Å². The molecule has 0 atom stereocenters. The van der Waals surface area contributed by atoms with Crippen molar-refractivity contribution in [2.75, 3.05) is 17.1 Å². The van der Waals surface area contributed by atoms with Crippen molar-refractivity contribution < 1.29 is 17.9 Å². The molecule has 0 aliphatic heterocycles. The van der Waals surface area contributed by atoms with Crippen LogP contribution in [0.3, 0.4) is 0 Å². The smallest absolute Gasteiger partial charge is 0.261 e. The predicted molar refractivity (Wildman–Crippen MR) is 109 cm³/mol. The van der Waals surface area contributed by atoms with Crippen molar-refractivity contribution in [3.05, 3.63) is 90.0 Å². The summed E-state index contributed by atoms with van der Waals surface area (Å²) in [7, 11) is -2.21. The van der Waals surface area contributed by atoms with Crippen molar-refractivity contribution in [2.45, 2.75) is 11.5 Å². The van der Waals surface area contributed by atoms with E-state index in [4.69, 9.17) is 4.74 Å². The Balaban J connectivity index is 1.84. The van der Waals surface area contributed by atoms with Crippen LogP contribution in [0.1, 0.15) is 15.9 Å². The molecule has 0 bridgehead atoms. The number of rotatable bonds is 7. The van der Waals surface area contributed by atoms with E-state index in [9.17, 15) is 13.2 Å². The Morgan fingerprint density at radius 2 is 1.64 bits per heavy atom. The first-order valence-corrected chi connectivity index (χ1v) is 10.0. The number of ether oxygens (including phenoxy) is 1. The predicted octanol–water partition coefficient (Wildman–Crippen LogP) is 3.89. The molecule has 1 amide bonds. The van der Waals surface area contributed by atoms with Crippen LogP contribution in [0.15, 0.2) is 83.8 Å². The van der Waals surface area contributed by atoms with Crippen LogP contribution >= 0.6 is 0 Å². The van der Waals surface area contributed by atoms with Crippen molar-refractivity contribution in [2.24, 2.45) is 0 Å². The number of sulfonamides is 1. The summed E-state index contributed by atoms with van der Waals surface area (Å²) in [4.78, 5) is 12.9. The zero-order valence-electron chi connectivity index (χ0n) is 15.3. The summed E-state index contributed by atoms with van der Waals surface area (Å²) >= 11 is 0. The molecule has 3 aromatic rings. The topological polar surface area (TPSA) is 84.5 Å². The van der Waals surface area contributed by atoms with Crippen LogP contribution in [0, 0.1) is 0 Å². The summed E-state index contributed by atoms with van der Waals surface area (Å²) in [5.74, 6) is -0.416. The number of methoxy groups -OCH3 is 1. The van der Waals surface area contributed by atoms with Crippen LogP contribution in [-0.4, -0.2) is 21.4 Å². The molecule has 3 rings (SSSR count). The average Bonchev–Trinajstić information content (AvgIpc) is 2.69.